The molecule has 1 amide bonds. The molecule has 7 heteroatoms. The second-order valence-corrected chi connectivity index (χ2v) is 6.91. The van der Waals surface area contributed by atoms with E-state index >= 15 is 0 Å². The second-order valence-electron chi connectivity index (χ2n) is 6.91. The van der Waals surface area contributed by atoms with E-state index in [4.69, 9.17) is 4.74 Å². The molecule has 1 saturated carbocycles. The number of hydrogen-bond donors (Lipinski definition) is 2. The molecule has 0 unspecified atom stereocenters. The largest absolute Gasteiger partial charge is 0.377 e. The van der Waals surface area contributed by atoms with Crippen molar-refractivity contribution in [3.63, 3.8) is 0 Å². The van der Waals surface area contributed by atoms with E-state index < -0.39 is 0 Å². The Morgan fingerprint density at radius 1 is 1.42 bits per heavy atom. The third-order valence-electron chi connectivity index (χ3n) is 5.23. The van der Waals surface area contributed by atoms with Gasteiger partial charge in [-0.05, 0) is 37.7 Å². The molecule has 24 heavy (non-hydrogen) atoms. The third kappa shape index (κ3) is 2.73. The first kappa shape index (κ1) is 15.4. The van der Waals surface area contributed by atoms with E-state index in [0.29, 0.717) is 25.0 Å². The first-order chi connectivity index (χ1) is 11.7. The van der Waals surface area contributed by atoms with Crippen molar-refractivity contribution < 1.29 is 9.53 Å². The lowest BCUT2D eigenvalue weighted by Gasteiger charge is -2.16. The predicted octanol–water partition coefficient (Wildman–Crippen LogP) is 1.85. The van der Waals surface area contributed by atoms with Crippen LogP contribution in [0.5, 0.6) is 0 Å². The molecule has 2 aromatic heterocycles. The number of nitrogens with zero attached hydrogens (tertiary/aromatic N) is 3. The summed E-state index contributed by atoms with van der Waals surface area (Å²) >= 11 is 0. The minimum Gasteiger partial charge on any atom is -0.377 e. The van der Waals surface area contributed by atoms with Gasteiger partial charge in [-0.1, -0.05) is 0 Å². The Balaban J connectivity index is 1.55. The fraction of sp³-hybridized carbons (Fsp3) is 0.588. The Hall–Kier alpha value is -2.15. The van der Waals surface area contributed by atoms with Crippen LogP contribution in [0, 0.1) is 18.8 Å². The van der Waals surface area contributed by atoms with E-state index in [-0.39, 0.29) is 11.8 Å². The van der Waals surface area contributed by atoms with Gasteiger partial charge in [-0.15, -0.1) is 0 Å². The number of hydrogen-bond acceptors (Lipinski definition) is 4. The SMILES string of the molecule is COCc1nc([C@H]2CN(C(=O)c3cc[nH]c3C)C[C@@H]2C2CC2)n[nH]1. The van der Waals surface area contributed by atoms with Crippen LogP contribution in [0.25, 0.3) is 0 Å². The lowest BCUT2D eigenvalue weighted by Crippen LogP contribution is -2.29. The molecule has 3 heterocycles. The standard InChI is InChI=1S/C17H23N5O2/c1-10-12(5-6-18-10)17(23)22-7-13(11-3-4-11)14(8-22)16-19-15(9-24-2)20-21-16/h5-6,11,13-14,18H,3-4,7-9H2,1-2H3,(H,19,20,21)/t13-,14+/m1/s1. The molecule has 2 aromatic rings. The first-order valence-corrected chi connectivity index (χ1v) is 8.50. The maximum absolute atomic E-state index is 12.8. The Morgan fingerprint density at radius 2 is 2.25 bits per heavy atom. The number of aromatic nitrogens is 4. The van der Waals surface area contributed by atoms with Crippen LogP contribution in [-0.4, -0.2) is 51.2 Å². The predicted molar refractivity (Wildman–Crippen MR) is 87.5 cm³/mol. The van der Waals surface area contributed by atoms with Gasteiger partial charge in [0.25, 0.3) is 5.91 Å². The van der Waals surface area contributed by atoms with Gasteiger partial charge in [0.15, 0.2) is 11.6 Å². The summed E-state index contributed by atoms with van der Waals surface area (Å²) in [6.45, 7) is 3.85. The van der Waals surface area contributed by atoms with Gasteiger partial charge in [-0.2, -0.15) is 5.10 Å². The molecular formula is C17H23N5O2. The van der Waals surface area contributed by atoms with Gasteiger partial charge >= 0.3 is 0 Å². The molecule has 7 nitrogen and oxygen atoms in total. The summed E-state index contributed by atoms with van der Waals surface area (Å²) in [5.74, 6) is 3.04. The minimum atomic E-state index is 0.106. The fourth-order valence-corrected chi connectivity index (χ4v) is 3.80. The van der Waals surface area contributed by atoms with Crippen LogP contribution >= 0.6 is 0 Å². The van der Waals surface area contributed by atoms with E-state index in [1.54, 1.807) is 7.11 Å². The Morgan fingerprint density at radius 3 is 2.92 bits per heavy atom. The molecule has 2 atom stereocenters. The number of H-pyrrole nitrogens is 2. The average molecular weight is 329 g/mol. The summed E-state index contributed by atoms with van der Waals surface area (Å²) in [5.41, 5.74) is 1.69. The van der Waals surface area contributed by atoms with Crippen molar-refractivity contribution in [2.75, 3.05) is 20.2 Å². The van der Waals surface area contributed by atoms with Crippen LogP contribution in [0.2, 0.25) is 0 Å². The summed E-state index contributed by atoms with van der Waals surface area (Å²) in [6, 6.07) is 1.86. The zero-order valence-corrected chi connectivity index (χ0v) is 14.1. The molecular weight excluding hydrogens is 306 g/mol. The fourth-order valence-electron chi connectivity index (χ4n) is 3.80. The third-order valence-corrected chi connectivity index (χ3v) is 5.23. The number of rotatable bonds is 5. The van der Waals surface area contributed by atoms with Crippen LogP contribution in [-0.2, 0) is 11.3 Å². The quantitative estimate of drug-likeness (QED) is 0.876. The summed E-state index contributed by atoms with van der Waals surface area (Å²) in [6.07, 6.45) is 4.32. The molecule has 0 aromatic carbocycles. The number of aromatic amines is 2. The highest BCUT2D eigenvalue weighted by Crippen LogP contribution is 2.47. The van der Waals surface area contributed by atoms with E-state index in [1.807, 2.05) is 24.1 Å². The number of methoxy groups -OCH3 is 1. The van der Waals surface area contributed by atoms with Crippen LogP contribution in [0.15, 0.2) is 12.3 Å². The zero-order chi connectivity index (χ0) is 16.7. The number of carbonyl (C=O) groups is 1. The summed E-state index contributed by atoms with van der Waals surface area (Å²) < 4.78 is 5.11. The molecule has 0 radical (unpaired) electrons. The number of ether oxygens (including phenoxy) is 1. The van der Waals surface area contributed by atoms with Crippen LogP contribution in [0.1, 0.15) is 46.5 Å². The molecule has 1 aliphatic carbocycles. The zero-order valence-electron chi connectivity index (χ0n) is 14.1. The van der Waals surface area contributed by atoms with Gasteiger partial charge < -0.3 is 14.6 Å². The number of carbonyl (C=O) groups excluding carboxylic acids is 1. The van der Waals surface area contributed by atoms with Crippen LogP contribution in [0.3, 0.4) is 0 Å². The Kier molecular flexibility index (Phi) is 3.88. The molecule has 4 rings (SSSR count). The van der Waals surface area contributed by atoms with Crippen molar-refractivity contribution in [2.24, 2.45) is 11.8 Å². The Bertz CT molecular complexity index is 733. The van der Waals surface area contributed by atoms with Crippen molar-refractivity contribution in [1.29, 1.82) is 0 Å². The second kappa shape index (κ2) is 6.05. The molecule has 128 valence electrons. The molecule has 2 aliphatic rings. The van der Waals surface area contributed by atoms with E-state index in [9.17, 15) is 4.79 Å². The highest BCUT2D eigenvalue weighted by atomic mass is 16.5. The topological polar surface area (TPSA) is 86.9 Å². The van der Waals surface area contributed by atoms with Gasteiger partial charge in [-0.25, -0.2) is 4.98 Å². The average Bonchev–Trinajstić information content (AvgIpc) is 2.99. The summed E-state index contributed by atoms with van der Waals surface area (Å²) in [4.78, 5) is 22.5. The van der Waals surface area contributed by atoms with Crippen molar-refractivity contribution in [1.82, 2.24) is 25.1 Å². The number of nitrogens with one attached hydrogen (secondary N) is 2. The van der Waals surface area contributed by atoms with Gasteiger partial charge in [0.1, 0.15) is 6.61 Å². The van der Waals surface area contributed by atoms with E-state index in [0.717, 1.165) is 29.5 Å². The van der Waals surface area contributed by atoms with Gasteiger partial charge in [-0.3, -0.25) is 9.89 Å². The summed E-state index contributed by atoms with van der Waals surface area (Å²) in [5, 5.41) is 7.34. The number of amides is 1. The first-order valence-electron chi connectivity index (χ1n) is 8.50. The Labute approximate surface area is 140 Å². The minimum absolute atomic E-state index is 0.106. The highest BCUT2D eigenvalue weighted by Gasteiger charge is 2.46. The molecule has 1 aliphatic heterocycles. The molecule has 1 saturated heterocycles. The van der Waals surface area contributed by atoms with E-state index in [2.05, 4.69) is 20.2 Å². The molecule has 0 spiro atoms. The number of aryl methyl sites for hydroxylation is 1. The van der Waals surface area contributed by atoms with Gasteiger partial charge in [0.05, 0.1) is 5.56 Å². The monoisotopic (exact) mass is 329 g/mol. The maximum atomic E-state index is 12.8. The maximum Gasteiger partial charge on any atom is 0.255 e. The lowest BCUT2D eigenvalue weighted by molar-refractivity contribution is 0.0784. The summed E-state index contributed by atoms with van der Waals surface area (Å²) in [7, 11) is 1.64. The van der Waals surface area contributed by atoms with Crippen molar-refractivity contribution in [3.05, 3.63) is 35.2 Å². The highest BCUT2D eigenvalue weighted by molar-refractivity contribution is 5.95. The van der Waals surface area contributed by atoms with Crippen molar-refractivity contribution in [2.45, 2.75) is 32.3 Å². The smallest absolute Gasteiger partial charge is 0.255 e. The van der Waals surface area contributed by atoms with Crippen LogP contribution < -0.4 is 0 Å². The molecule has 0 bridgehead atoms. The van der Waals surface area contributed by atoms with Gasteiger partial charge in [0, 0.05) is 38.0 Å². The normalized spacial score (nSPS) is 23.8. The molecule has 2 N–H and O–H groups in total. The van der Waals surface area contributed by atoms with Crippen molar-refractivity contribution >= 4 is 5.91 Å². The van der Waals surface area contributed by atoms with E-state index in [1.165, 1.54) is 12.8 Å². The lowest BCUT2D eigenvalue weighted by atomic mass is 9.91. The number of likely N-dealkylation sites (tertiary alicyclic amines) is 1. The van der Waals surface area contributed by atoms with Crippen molar-refractivity contribution in [3.8, 4) is 0 Å². The van der Waals surface area contributed by atoms with Crippen LogP contribution in [0.4, 0.5) is 0 Å². The molecule has 2 fully saturated rings. The van der Waals surface area contributed by atoms with Gasteiger partial charge in [0.2, 0.25) is 0 Å².